The summed E-state index contributed by atoms with van der Waals surface area (Å²) in [4.78, 5) is 0. The number of hydrogen-bond donors (Lipinski definition) is 1. The molecule has 4 nitrogen and oxygen atoms in total. The zero-order chi connectivity index (χ0) is 6.62. The van der Waals surface area contributed by atoms with Gasteiger partial charge in [-0.1, -0.05) is 0 Å². The van der Waals surface area contributed by atoms with Gasteiger partial charge in [-0.2, -0.15) is 0 Å². The van der Waals surface area contributed by atoms with Gasteiger partial charge in [0.05, 0.1) is 0 Å². The first-order valence-corrected chi connectivity index (χ1v) is 7.35. The van der Waals surface area contributed by atoms with Gasteiger partial charge in [0.1, 0.15) is 0 Å². The zero-order valence-electron chi connectivity index (χ0n) is 4.07. The number of aliphatic hydroxyl groups excluding tert-OH is 1. The molecule has 2 radical (unpaired) electrons. The summed E-state index contributed by atoms with van der Waals surface area (Å²) in [6, 6.07) is 0. The van der Waals surface area contributed by atoms with Crippen molar-refractivity contribution in [1.29, 1.82) is 0 Å². The second-order valence-electron chi connectivity index (χ2n) is 1.04. The fourth-order valence-corrected chi connectivity index (χ4v) is 1.28. The van der Waals surface area contributed by atoms with Crippen LogP contribution in [0.15, 0.2) is 0 Å². The Morgan fingerprint density at radius 1 is 1.62 bits per heavy atom. The summed E-state index contributed by atoms with van der Waals surface area (Å²) >= 11 is 0.0421. The Bertz CT molecular complexity index is 138. The summed E-state index contributed by atoms with van der Waals surface area (Å²) in [6.07, 6.45) is 0. The van der Waals surface area contributed by atoms with E-state index in [1.54, 1.807) is 0 Å². The van der Waals surface area contributed by atoms with Crippen LogP contribution in [0.5, 0.6) is 0 Å². The molecule has 0 fully saturated rings. The Morgan fingerprint density at radius 2 is 2.12 bits per heavy atom. The first kappa shape index (κ1) is 8.67. The minimum absolute atomic E-state index is 0.0421. The van der Waals surface area contributed by atoms with Gasteiger partial charge in [-0.15, -0.1) is 0 Å². The van der Waals surface area contributed by atoms with Gasteiger partial charge in [0.25, 0.3) is 0 Å². The zero-order valence-corrected chi connectivity index (χ0v) is 8.18. The van der Waals surface area contributed by atoms with Gasteiger partial charge >= 0.3 is 59.4 Å². The number of hydrogen-bond acceptors (Lipinski definition) is 4. The Kier molecular flexibility index (Phi) is 3.95. The molecule has 0 saturated heterocycles. The van der Waals surface area contributed by atoms with Crippen LogP contribution < -0.4 is 0 Å². The van der Waals surface area contributed by atoms with Crippen molar-refractivity contribution in [3.8, 4) is 0 Å². The number of rotatable bonds is 3. The molecule has 0 amide bonds. The van der Waals surface area contributed by atoms with Crippen LogP contribution in [0.1, 0.15) is 0 Å². The maximum atomic E-state index is 10.1. The molecule has 0 spiro atoms. The predicted molar refractivity (Wildman–Crippen MR) is 29.1 cm³/mol. The van der Waals surface area contributed by atoms with E-state index in [9.17, 15) is 8.42 Å². The molecule has 0 atom stereocenters. The Balaban J connectivity index is 3.42. The normalized spacial score (nSPS) is 11.8. The Labute approximate surface area is 59.5 Å². The molecule has 48 valence electrons. The molecule has 0 aliphatic heterocycles. The fraction of sp³-hybridized carbons (Fsp3) is 1.00. The molecule has 8 heavy (non-hydrogen) atoms. The van der Waals surface area contributed by atoms with Crippen molar-refractivity contribution in [2.75, 3.05) is 13.2 Å². The van der Waals surface area contributed by atoms with E-state index < -0.39 is 7.30 Å². The first-order valence-electron chi connectivity index (χ1n) is 1.84. The average molecular weight is 245 g/mol. The van der Waals surface area contributed by atoms with E-state index in [0.717, 1.165) is 0 Å². The van der Waals surface area contributed by atoms with E-state index in [1.807, 2.05) is 0 Å². The van der Waals surface area contributed by atoms with Gasteiger partial charge in [0, 0.05) is 0 Å². The third-order valence-electron chi connectivity index (χ3n) is 0.339. The molecule has 6 heteroatoms. The molecule has 0 aliphatic rings. The van der Waals surface area contributed by atoms with Gasteiger partial charge in [-0.3, -0.25) is 0 Å². The molecule has 1 N–H and O–H groups in total. The van der Waals surface area contributed by atoms with E-state index in [0.29, 0.717) is 0 Å². The third-order valence-corrected chi connectivity index (χ3v) is 2.00. The molecule has 0 rings (SSSR count). The van der Waals surface area contributed by atoms with Crippen LogP contribution in [0.2, 0.25) is 0 Å². The van der Waals surface area contributed by atoms with Gasteiger partial charge < -0.3 is 0 Å². The van der Waals surface area contributed by atoms with Crippen LogP contribution >= 0.6 is 0 Å². The predicted octanol–water partition coefficient (Wildman–Crippen LogP) is -1.86. The Morgan fingerprint density at radius 3 is 2.25 bits per heavy atom. The second kappa shape index (κ2) is 3.65. The summed E-state index contributed by atoms with van der Waals surface area (Å²) < 4.78 is 24.4. The summed E-state index contributed by atoms with van der Waals surface area (Å²) in [5.74, 6) is 0. The van der Waals surface area contributed by atoms with Crippen LogP contribution in [-0.4, -0.2) is 47.9 Å². The number of aliphatic hydroxyl groups is 1. The molecular formula is C2H6O4SSn. The van der Waals surface area contributed by atoms with Crippen molar-refractivity contribution in [2.45, 2.75) is 0 Å². The molecule has 0 aliphatic carbocycles. The van der Waals surface area contributed by atoms with Gasteiger partial charge in [-0.25, -0.2) is 0 Å². The molecule has 0 aromatic heterocycles. The van der Waals surface area contributed by atoms with Crippen molar-refractivity contribution >= 4 is 28.4 Å². The monoisotopic (exact) mass is 246 g/mol. The van der Waals surface area contributed by atoms with Gasteiger partial charge in [0.15, 0.2) is 0 Å². The van der Waals surface area contributed by atoms with Crippen molar-refractivity contribution in [1.82, 2.24) is 0 Å². The molecule has 0 saturated carbocycles. The van der Waals surface area contributed by atoms with Crippen molar-refractivity contribution in [2.24, 2.45) is 0 Å². The Hall–Kier alpha value is 0.669. The third kappa shape index (κ3) is 6.67. The van der Waals surface area contributed by atoms with Crippen molar-refractivity contribution in [3.63, 3.8) is 0 Å². The summed E-state index contributed by atoms with van der Waals surface area (Å²) in [6.45, 7) is -0.371. The molecule has 0 heterocycles. The molecule has 0 aromatic rings. The fourth-order valence-electron chi connectivity index (χ4n) is 0.153. The van der Waals surface area contributed by atoms with Crippen molar-refractivity contribution < 1.29 is 17.7 Å². The summed E-state index contributed by atoms with van der Waals surface area (Å²) in [5.41, 5.74) is 0. The molecule has 0 bridgehead atoms. The van der Waals surface area contributed by atoms with E-state index >= 15 is 0 Å². The summed E-state index contributed by atoms with van der Waals surface area (Å²) in [7, 11) is -3.22. The molecular weight excluding hydrogens is 239 g/mol. The van der Waals surface area contributed by atoms with Crippen LogP contribution in [0.3, 0.4) is 0 Å². The quantitative estimate of drug-likeness (QED) is 0.592. The maximum absolute atomic E-state index is 10.1. The van der Waals surface area contributed by atoms with E-state index in [-0.39, 0.29) is 34.4 Å². The minimum atomic E-state index is -3.22. The van der Waals surface area contributed by atoms with Crippen molar-refractivity contribution in [3.05, 3.63) is 0 Å². The standard InChI is InChI=1S/C2H5O4S.Sn.H/c3-1-2-6-7(4)5;;/h3H,1-2H2;;. The van der Waals surface area contributed by atoms with Crippen LogP contribution in [0.25, 0.3) is 0 Å². The first-order chi connectivity index (χ1) is 3.56. The van der Waals surface area contributed by atoms with Crippen LogP contribution in [-0.2, 0) is 11.5 Å². The van der Waals surface area contributed by atoms with E-state index in [1.165, 1.54) is 0 Å². The topological polar surface area (TPSA) is 63.6 Å². The summed E-state index contributed by atoms with van der Waals surface area (Å²) in [5, 5.41) is 8.05. The van der Waals surface area contributed by atoms with Gasteiger partial charge in [0.2, 0.25) is 0 Å². The second-order valence-corrected chi connectivity index (χ2v) is 7.20. The molecule has 0 aromatic carbocycles. The molecule has 0 unspecified atom stereocenters. The van der Waals surface area contributed by atoms with E-state index in [4.69, 9.17) is 5.11 Å². The SMILES string of the molecule is O=[S](=O)([SnH])OCCO. The van der Waals surface area contributed by atoms with Crippen LogP contribution in [0.4, 0.5) is 0 Å². The van der Waals surface area contributed by atoms with E-state index in [2.05, 4.69) is 4.18 Å². The van der Waals surface area contributed by atoms with Crippen LogP contribution in [0, 0.1) is 0 Å². The van der Waals surface area contributed by atoms with Gasteiger partial charge in [-0.05, 0) is 0 Å². The average Bonchev–Trinajstić information content (AvgIpc) is 1.59.